The van der Waals surface area contributed by atoms with E-state index in [1.54, 1.807) is 0 Å². The number of nitrogens with zero attached hydrogens (tertiary/aromatic N) is 3. The molecule has 0 aliphatic heterocycles. The van der Waals surface area contributed by atoms with Gasteiger partial charge in [-0.2, -0.15) is 0 Å². The maximum Gasteiger partial charge on any atom is 0.319 e. The van der Waals surface area contributed by atoms with Gasteiger partial charge in [-0.15, -0.1) is 0 Å². The third-order valence-corrected chi connectivity index (χ3v) is 7.06. The average Bonchev–Trinajstić information content (AvgIpc) is 3.28. The first-order valence-corrected chi connectivity index (χ1v) is 12.9. The van der Waals surface area contributed by atoms with Crippen LogP contribution in [0, 0.1) is 12.8 Å². The Balaban J connectivity index is 1.13. The third-order valence-electron chi connectivity index (χ3n) is 7.06. The summed E-state index contributed by atoms with van der Waals surface area (Å²) in [5.41, 5.74) is 4.30. The monoisotopic (exact) mass is 498 g/mol. The third kappa shape index (κ3) is 5.69. The Labute approximate surface area is 217 Å². The van der Waals surface area contributed by atoms with Gasteiger partial charge in [0.05, 0.1) is 5.52 Å². The van der Waals surface area contributed by atoms with Crippen LogP contribution in [0.4, 0.5) is 22.0 Å². The van der Waals surface area contributed by atoms with Crippen LogP contribution in [-0.2, 0) is 0 Å². The molecule has 3 N–H and O–H groups in total. The van der Waals surface area contributed by atoms with E-state index in [4.69, 9.17) is 9.51 Å². The highest BCUT2D eigenvalue weighted by molar-refractivity contribution is 5.94. The lowest BCUT2D eigenvalue weighted by Gasteiger charge is -2.30. The second-order valence-corrected chi connectivity index (χ2v) is 9.97. The van der Waals surface area contributed by atoms with E-state index in [-0.39, 0.29) is 6.03 Å². The van der Waals surface area contributed by atoms with Crippen LogP contribution < -0.4 is 20.9 Å². The smallest absolute Gasteiger partial charge is 0.319 e. The summed E-state index contributed by atoms with van der Waals surface area (Å²) in [6.07, 6.45) is 4.19. The number of pyridine rings is 1. The number of aryl methyl sites for hydroxylation is 1. The van der Waals surface area contributed by atoms with Gasteiger partial charge in [0.1, 0.15) is 17.2 Å². The molecule has 1 aliphatic rings. The second-order valence-electron chi connectivity index (χ2n) is 9.97. The molecule has 0 saturated heterocycles. The summed E-state index contributed by atoms with van der Waals surface area (Å²) in [7, 11) is 4.12. The summed E-state index contributed by atoms with van der Waals surface area (Å²) in [6.45, 7) is 2.47. The summed E-state index contributed by atoms with van der Waals surface area (Å²) in [5.74, 6) is 1.93. The van der Waals surface area contributed by atoms with Crippen molar-refractivity contribution in [2.45, 2.75) is 38.6 Å². The van der Waals surface area contributed by atoms with Crippen LogP contribution in [0.1, 0.15) is 31.4 Å². The lowest BCUT2D eigenvalue weighted by molar-refractivity contribution is 0.246. The van der Waals surface area contributed by atoms with Gasteiger partial charge >= 0.3 is 6.03 Å². The molecule has 1 aliphatic carbocycles. The van der Waals surface area contributed by atoms with E-state index >= 15 is 0 Å². The van der Waals surface area contributed by atoms with Crippen LogP contribution in [0.3, 0.4) is 0 Å². The number of benzene rings is 2. The quantitative estimate of drug-likeness (QED) is 0.287. The van der Waals surface area contributed by atoms with E-state index in [2.05, 4.69) is 64.4 Å². The van der Waals surface area contributed by atoms with Crippen molar-refractivity contribution in [3.05, 3.63) is 66.4 Å². The summed E-state index contributed by atoms with van der Waals surface area (Å²) < 4.78 is 5.47. The van der Waals surface area contributed by atoms with Crippen molar-refractivity contribution in [3.8, 4) is 11.3 Å². The molecule has 1 fully saturated rings. The van der Waals surface area contributed by atoms with E-state index in [1.165, 1.54) is 0 Å². The summed E-state index contributed by atoms with van der Waals surface area (Å²) in [6, 6.07) is 20.2. The number of carbonyl (C=O) groups is 1. The van der Waals surface area contributed by atoms with Gasteiger partial charge in [-0.25, -0.2) is 9.78 Å². The van der Waals surface area contributed by atoms with E-state index < -0.39 is 0 Å². The number of fused-ring (bicyclic) bond motifs is 1. The van der Waals surface area contributed by atoms with Crippen LogP contribution in [0.2, 0.25) is 0 Å². The molecule has 0 bridgehead atoms. The number of para-hydroxylation sites is 1. The highest BCUT2D eigenvalue weighted by Gasteiger charge is 2.23. The number of amides is 2. The van der Waals surface area contributed by atoms with Gasteiger partial charge < -0.3 is 25.4 Å². The fraction of sp³-hybridized carbons (Fsp3) is 0.345. The Morgan fingerprint density at radius 3 is 2.51 bits per heavy atom. The first kappa shape index (κ1) is 24.6. The minimum absolute atomic E-state index is 0.236. The van der Waals surface area contributed by atoms with Gasteiger partial charge in [0.2, 0.25) is 0 Å². The van der Waals surface area contributed by atoms with Crippen LogP contribution in [-0.4, -0.2) is 42.9 Å². The maximum absolute atomic E-state index is 12.7. The minimum Gasteiger partial charge on any atom is -0.377 e. The van der Waals surface area contributed by atoms with Gasteiger partial charge in [0.15, 0.2) is 5.76 Å². The molecule has 8 heteroatoms. The zero-order valence-electron chi connectivity index (χ0n) is 21.6. The van der Waals surface area contributed by atoms with Crippen LogP contribution >= 0.6 is 0 Å². The Morgan fingerprint density at radius 1 is 1.03 bits per heavy atom. The summed E-state index contributed by atoms with van der Waals surface area (Å²) in [4.78, 5) is 19.7. The molecule has 192 valence electrons. The van der Waals surface area contributed by atoms with Gasteiger partial charge in [-0.05, 0) is 44.6 Å². The Morgan fingerprint density at radius 2 is 1.76 bits per heavy atom. The number of hydrogen-bond donors (Lipinski definition) is 3. The molecule has 4 aromatic rings. The molecule has 0 radical (unpaired) electrons. The number of carbonyl (C=O) groups excluding carboxylic acids is 1. The standard InChI is InChI=1S/C29H34N6O2/c1-19-27(28(37-34-19)21-9-5-4-6-10-21)33-29(36)30-18-20-13-15-22(16-14-20)31-26-17-25(35(2)3)23-11-7-8-12-24(23)32-26/h4-12,17,20,22H,13-16,18H2,1-3H3,(H,31,32)(H2,30,33,36). The van der Waals surface area contributed by atoms with Crippen LogP contribution in [0.15, 0.2) is 65.2 Å². The van der Waals surface area contributed by atoms with Crippen molar-refractivity contribution in [1.82, 2.24) is 15.5 Å². The molecule has 37 heavy (non-hydrogen) atoms. The Hall–Kier alpha value is -4.07. The van der Waals surface area contributed by atoms with E-state index in [9.17, 15) is 4.79 Å². The molecule has 2 aromatic carbocycles. The van der Waals surface area contributed by atoms with Gasteiger partial charge in [-0.1, -0.05) is 53.7 Å². The summed E-state index contributed by atoms with van der Waals surface area (Å²) in [5, 5.41) is 14.8. The van der Waals surface area contributed by atoms with Crippen molar-refractivity contribution >= 4 is 34.1 Å². The zero-order valence-corrected chi connectivity index (χ0v) is 21.6. The number of anilines is 3. The number of hydrogen-bond acceptors (Lipinski definition) is 6. The molecule has 5 rings (SSSR count). The van der Waals surface area contributed by atoms with Crippen molar-refractivity contribution in [2.75, 3.05) is 36.2 Å². The van der Waals surface area contributed by atoms with E-state index in [1.807, 2.05) is 43.3 Å². The second kappa shape index (κ2) is 10.9. The average molecular weight is 499 g/mol. The lowest BCUT2D eigenvalue weighted by Crippen LogP contribution is -2.36. The van der Waals surface area contributed by atoms with Crippen molar-refractivity contribution < 1.29 is 9.32 Å². The fourth-order valence-electron chi connectivity index (χ4n) is 5.02. The molecular weight excluding hydrogens is 464 g/mol. The largest absolute Gasteiger partial charge is 0.377 e. The first-order valence-electron chi connectivity index (χ1n) is 12.9. The van der Waals surface area contributed by atoms with E-state index in [0.29, 0.717) is 35.6 Å². The fourth-order valence-corrected chi connectivity index (χ4v) is 5.02. The lowest BCUT2D eigenvalue weighted by atomic mass is 9.86. The topological polar surface area (TPSA) is 95.3 Å². The highest BCUT2D eigenvalue weighted by atomic mass is 16.5. The molecule has 0 atom stereocenters. The number of rotatable bonds is 7. The number of aromatic nitrogens is 2. The van der Waals surface area contributed by atoms with Crippen molar-refractivity contribution in [2.24, 2.45) is 5.92 Å². The summed E-state index contributed by atoms with van der Waals surface area (Å²) >= 11 is 0. The molecule has 0 spiro atoms. The molecular formula is C29H34N6O2. The molecule has 2 heterocycles. The van der Waals surface area contributed by atoms with Crippen molar-refractivity contribution in [1.29, 1.82) is 0 Å². The number of urea groups is 1. The molecule has 2 aromatic heterocycles. The zero-order chi connectivity index (χ0) is 25.8. The predicted octanol–water partition coefficient (Wildman–Crippen LogP) is 6.06. The Kier molecular flexibility index (Phi) is 7.25. The molecule has 0 unspecified atom stereocenters. The highest BCUT2D eigenvalue weighted by Crippen LogP contribution is 2.32. The normalized spacial score (nSPS) is 17.4. The van der Waals surface area contributed by atoms with E-state index in [0.717, 1.165) is 53.7 Å². The van der Waals surface area contributed by atoms with Crippen LogP contribution in [0.25, 0.3) is 22.2 Å². The number of nitrogens with one attached hydrogen (secondary N) is 3. The van der Waals surface area contributed by atoms with Gasteiger partial charge in [-0.3, -0.25) is 0 Å². The first-order chi connectivity index (χ1) is 18.0. The van der Waals surface area contributed by atoms with Gasteiger partial charge in [0, 0.05) is 49.4 Å². The van der Waals surface area contributed by atoms with Crippen LogP contribution in [0.5, 0.6) is 0 Å². The molecule has 2 amide bonds. The van der Waals surface area contributed by atoms with Crippen molar-refractivity contribution in [3.63, 3.8) is 0 Å². The Bertz CT molecular complexity index is 1360. The molecule has 8 nitrogen and oxygen atoms in total. The predicted molar refractivity (Wildman–Crippen MR) is 149 cm³/mol. The maximum atomic E-state index is 12.7. The minimum atomic E-state index is -0.236. The molecule has 1 saturated carbocycles. The SMILES string of the molecule is Cc1noc(-c2ccccc2)c1NC(=O)NCC1CCC(Nc2cc(N(C)C)c3ccccc3n2)CC1. The van der Waals surface area contributed by atoms with Gasteiger partial charge in [0.25, 0.3) is 0 Å².